The molecule has 1 aliphatic rings. The molecule has 9 heteroatoms. The molecule has 0 saturated carbocycles. The molecule has 1 saturated heterocycles. The monoisotopic (exact) mass is 657 g/mol. The van der Waals surface area contributed by atoms with Crippen molar-refractivity contribution in [1.82, 2.24) is 10.6 Å². The first-order valence-electron chi connectivity index (χ1n) is 13.1. The Morgan fingerprint density at radius 3 is 2.46 bits per heavy atom. The second kappa shape index (κ2) is 14.1. The van der Waals surface area contributed by atoms with Gasteiger partial charge in [0, 0.05) is 52.3 Å². The van der Waals surface area contributed by atoms with Crippen LogP contribution in [0, 0.1) is 0 Å². The molecule has 0 aromatic heterocycles. The molecule has 7 nitrogen and oxygen atoms in total. The molecule has 0 radical (unpaired) electrons. The van der Waals surface area contributed by atoms with Crippen LogP contribution in [0.1, 0.15) is 41.3 Å². The van der Waals surface area contributed by atoms with E-state index in [9.17, 15) is 14.7 Å². The van der Waals surface area contributed by atoms with Gasteiger partial charge in [-0.25, -0.2) is 0 Å². The molecular weight excluding hydrogens is 626 g/mol. The summed E-state index contributed by atoms with van der Waals surface area (Å²) in [4.78, 5) is 27.6. The number of carbonyl (C=O) groups is 2. The van der Waals surface area contributed by atoms with Crippen LogP contribution in [-0.4, -0.2) is 48.8 Å². The molecule has 206 valence electrons. The van der Waals surface area contributed by atoms with Gasteiger partial charge in [-0.05, 0) is 61.2 Å². The summed E-state index contributed by atoms with van der Waals surface area (Å²) in [5.41, 5.74) is 3.09. The van der Waals surface area contributed by atoms with Crippen molar-refractivity contribution in [3.8, 4) is 5.75 Å². The van der Waals surface area contributed by atoms with Gasteiger partial charge in [-0.15, -0.1) is 0 Å². The Morgan fingerprint density at radius 2 is 1.79 bits per heavy atom. The van der Waals surface area contributed by atoms with Crippen LogP contribution in [0.4, 0.5) is 5.69 Å². The first-order chi connectivity index (χ1) is 18.8. The summed E-state index contributed by atoms with van der Waals surface area (Å²) in [7, 11) is 0. The zero-order chi connectivity index (χ0) is 27.8. The maximum absolute atomic E-state index is 13.5. The van der Waals surface area contributed by atoms with E-state index in [1.807, 2.05) is 55.5 Å². The minimum atomic E-state index is -0.848. The van der Waals surface area contributed by atoms with Gasteiger partial charge in [0.2, 0.25) is 5.91 Å². The number of amides is 2. The molecule has 1 heterocycles. The van der Waals surface area contributed by atoms with Gasteiger partial charge in [-0.2, -0.15) is 0 Å². The molecule has 2 atom stereocenters. The Bertz CT molecular complexity index is 1270. The van der Waals surface area contributed by atoms with E-state index in [1.54, 1.807) is 23.1 Å². The molecule has 0 unspecified atom stereocenters. The highest BCUT2D eigenvalue weighted by Gasteiger charge is 2.26. The molecule has 4 rings (SSSR count). The number of nitrogens with zero attached hydrogens (tertiary/aromatic N) is 1. The second-order valence-electron chi connectivity index (χ2n) is 9.54. The highest BCUT2D eigenvalue weighted by Crippen LogP contribution is 2.28. The summed E-state index contributed by atoms with van der Waals surface area (Å²) < 4.78 is 7.64. The van der Waals surface area contributed by atoms with E-state index < -0.39 is 12.1 Å². The quantitative estimate of drug-likeness (QED) is 0.248. The predicted octanol–water partition coefficient (Wildman–Crippen LogP) is 5.23. The van der Waals surface area contributed by atoms with Crippen LogP contribution in [0.15, 0.2) is 75.7 Å². The molecule has 0 aliphatic carbocycles. The standard InChI is InChI=1S/C30H33Br2N3O4/c1-2-39-26-15-22(14-25(17-26)35-10-6-9-29(35)37)30(38)34-27(13-20-7-4-3-5-8-20)28(36)19-33-18-21-11-23(31)16-24(32)12-21/h3-5,7-8,11-12,14-17,27-28,33,36H,2,6,9-10,13,18-19H2,1H3,(H,34,38)/t27-,28+/m0/s1. The van der Waals surface area contributed by atoms with Crippen molar-refractivity contribution in [2.45, 2.75) is 44.9 Å². The average molecular weight is 659 g/mol. The maximum Gasteiger partial charge on any atom is 0.251 e. The van der Waals surface area contributed by atoms with E-state index in [0.717, 1.165) is 26.5 Å². The van der Waals surface area contributed by atoms with Gasteiger partial charge in [0.25, 0.3) is 5.91 Å². The third-order valence-electron chi connectivity index (χ3n) is 6.53. The summed E-state index contributed by atoms with van der Waals surface area (Å²) in [5.74, 6) is 0.234. The lowest BCUT2D eigenvalue weighted by molar-refractivity contribution is -0.117. The van der Waals surface area contributed by atoms with Crippen LogP contribution in [0.25, 0.3) is 0 Å². The van der Waals surface area contributed by atoms with Crippen molar-refractivity contribution >= 4 is 49.4 Å². The number of anilines is 1. The Morgan fingerprint density at radius 1 is 1.05 bits per heavy atom. The summed E-state index contributed by atoms with van der Waals surface area (Å²) in [6.45, 7) is 3.78. The maximum atomic E-state index is 13.5. The Kier molecular flexibility index (Phi) is 10.6. The van der Waals surface area contributed by atoms with E-state index >= 15 is 0 Å². The molecule has 3 aromatic carbocycles. The highest BCUT2D eigenvalue weighted by atomic mass is 79.9. The summed E-state index contributed by atoms with van der Waals surface area (Å²) in [6, 6.07) is 20.4. The van der Waals surface area contributed by atoms with Crippen LogP contribution >= 0.6 is 31.9 Å². The van der Waals surface area contributed by atoms with Crippen molar-refractivity contribution in [1.29, 1.82) is 0 Å². The molecule has 39 heavy (non-hydrogen) atoms. The van der Waals surface area contributed by atoms with Crippen LogP contribution in [0.2, 0.25) is 0 Å². The average Bonchev–Trinajstić information content (AvgIpc) is 3.34. The third kappa shape index (κ3) is 8.38. The number of hydrogen-bond donors (Lipinski definition) is 3. The molecule has 1 aliphatic heterocycles. The van der Waals surface area contributed by atoms with E-state index in [1.165, 1.54) is 0 Å². The van der Waals surface area contributed by atoms with Crippen molar-refractivity contribution < 1.29 is 19.4 Å². The Hall–Kier alpha value is -2.72. The fourth-order valence-corrected chi connectivity index (χ4v) is 6.05. The van der Waals surface area contributed by atoms with Gasteiger partial charge >= 0.3 is 0 Å². The van der Waals surface area contributed by atoms with Crippen LogP contribution in [0.3, 0.4) is 0 Å². The summed E-state index contributed by atoms with van der Waals surface area (Å²) >= 11 is 7.01. The third-order valence-corrected chi connectivity index (χ3v) is 7.45. The zero-order valence-corrected chi connectivity index (χ0v) is 25.0. The van der Waals surface area contributed by atoms with E-state index in [2.05, 4.69) is 42.5 Å². The van der Waals surface area contributed by atoms with Crippen LogP contribution in [0.5, 0.6) is 5.75 Å². The predicted molar refractivity (Wildman–Crippen MR) is 160 cm³/mol. The van der Waals surface area contributed by atoms with Gasteiger partial charge in [-0.3, -0.25) is 9.59 Å². The van der Waals surface area contributed by atoms with Gasteiger partial charge in [-0.1, -0.05) is 62.2 Å². The van der Waals surface area contributed by atoms with Crippen molar-refractivity contribution in [2.75, 3.05) is 24.6 Å². The molecule has 3 N–H and O–H groups in total. The number of halogens is 2. The normalized spacial score (nSPS) is 14.8. The van der Waals surface area contributed by atoms with E-state index in [-0.39, 0.29) is 18.4 Å². The summed E-state index contributed by atoms with van der Waals surface area (Å²) in [6.07, 6.45) is 0.893. The number of hydrogen-bond acceptors (Lipinski definition) is 5. The zero-order valence-electron chi connectivity index (χ0n) is 21.8. The van der Waals surface area contributed by atoms with E-state index in [4.69, 9.17) is 4.74 Å². The lowest BCUT2D eigenvalue weighted by Gasteiger charge is -2.25. The number of nitrogens with one attached hydrogen (secondary N) is 2. The fraction of sp³-hybridized carbons (Fsp3) is 0.333. The molecule has 1 fully saturated rings. The minimum absolute atomic E-state index is 0.0379. The molecule has 0 spiro atoms. The number of aliphatic hydroxyl groups excluding tert-OH is 1. The molecule has 0 bridgehead atoms. The first-order valence-corrected chi connectivity index (χ1v) is 14.7. The van der Waals surface area contributed by atoms with Crippen molar-refractivity contribution in [2.24, 2.45) is 0 Å². The number of ether oxygens (including phenoxy) is 1. The minimum Gasteiger partial charge on any atom is -0.494 e. The van der Waals surface area contributed by atoms with Gasteiger partial charge in [0.1, 0.15) is 5.75 Å². The molecular formula is C30H33Br2N3O4. The Labute approximate surface area is 246 Å². The van der Waals surface area contributed by atoms with Gasteiger partial charge in [0.15, 0.2) is 0 Å². The molecule has 2 amide bonds. The molecule has 3 aromatic rings. The topological polar surface area (TPSA) is 90.9 Å². The number of rotatable bonds is 12. The number of carbonyl (C=O) groups excluding carboxylic acids is 2. The van der Waals surface area contributed by atoms with Crippen LogP contribution in [-0.2, 0) is 17.8 Å². The highest BCUT2D eigenvalue weighted by molar-refractivity contribution is 9.11. The second-order valence-corrected chi connectivity index (χ2v) is 11.4. The number of aliphatic hydroxyl groups is 1. The van der Waals surface area contributed by atoms with Gasteiger partial charge in [0.05, 0.1) is 18.8 Å². The first kappa shape index (κ1) is 29.3. The van der Waals surface area contributed by atoms with Gasteiger partial charge < -0.3 is 25.4 Å². The van der Waals surface area contributed by atoms with Crippen LogP contribution < -0.4 is 20.3 Å². The van der Waals surface area contributed by atoms with Crippen molar-refractivity contribution in [3.63, 3.8) is 0 Å². The smallest absolute Gasteiger partial charge is 0.251 e. The summed E-state index contributed by atoms with van der Waals surface area (Å²) in [5, 5.41) is 17.5. The SMILES string of the molecule is CCOc1cc(C(=O)N[C@@H](Cc2ccccc2)[C@H](O)CNCc2cc(Br)cc(Br)c2)cc(N2CCCC2=O)c1. The largest absolute Gasteiger partial charge is 0.494 e. The lowest BCUT2D eigenvalue weighted by Crippen LogP contribution is -2.48. The lowest BCUT2D eigenvalue weighted by atomic mass is 10.00. The fourth-order valence-electron chi connectivity index (χ4n) is 4.66. The van der Waals surface area contributed by atoms with Crippen molar-refractivity contribution in [3.05, 3.63) is 92.4 Å². The Balaban J connectivity index is 1.50. The number of benzene rings is 3. The van der Waals surface area contributed by atoms with E-state index in [0.29, 0.717) is 49.5 Å².